The van der Waals surface area contributed by atoms with Crippen molar-refractivity contribution in [3.63, 3.8) is 0 Å². The van der Waals surface area contributed by atoms with Gasteiger partial charge in [0.2, 0.25) is 0 Å². The maximum atomic E-state index is 11.3. The van der Waals surface area contributed by atoms with Gasteiger partial charge in [0.25, 0.3) is 0 Å². The number of carbonyl (C=O) groups excluding carboxylic acids is 1. The third kappa shape index (κ3) is 3.20. The Bertz CT molecular complexity index is 552. The summed E-state index contributed by atoms with van der Waals surface area (Å²) in [5.74, 6) is -0.296. The Hall–Kier alpha value is -2.13. The maximum absolute atomic E-state index is 11.3. The standard InChI is InChI=1S/C16H17NO2/c1-19-16(18)11-15(17)14-10-6-5-9-13(14)12-7-3-2-4-8-12/h2-10,15H,11,17H2,1H3. The van der Waals surface area contributed by atoms with Gasteiger partial charge in [-0.3, -0.25) is 4.79 Å². The van der Waals surface area contributed by atoms with Gasteiger partial charge in [0.15, 0.2) is 0 Å². The van der Waals surface area contributed by atoms with Gasteiger partial charge in [-0.15, -0.1) is 0 Å². The van der Waals surface area contributed by atoms with Crippen molar-refractivity contribution in [1.29, 1.82) is 0 Å². The van der Waals surface area contributed by atoms with Gasteiger partial charge in [-0.25, -0.2) is 0 Å². The highest BCUT2D eigenvalue weighted by Gasteiger charge is 2.15. The van der Waals surface area contributed by atoms with E-state index in [0.717, 1.165) is 16.7 Å². The second-order valence-corrected chi connectivity index (χ2v) is 4.34. The number of benzene rings is 2. The molecule has 0 heterocycles. The molecule has 3 nitrogen and oxygen atoms in total. The lowest BCUT2D eigenvalue weighted by Gasteiger charge is -2.15. The van der Waals surface area contributed by atoms with Crippen molar-refractivity contribution in [2.45, 2.75) is 12.5 Å². The maximum Gasteiger partial charge on any atom is 0.307 e. The number of hydrogen-bond donors (Lipinski definition) is 1. The van der Waals surface area contributed by atoms with Crippen LogP contribution in [0.3, 0.4) is 0 Å². The van der Waals surface area contributed by atoms with E-state index in [1.807, 2.05) is 54.6 Å². The molecule has 19 heavy (non-hydrogen) atoms. The van der Waals surface area contributed by atoms with E-state index in [1.54, 1.807) is 0 Å². The average Bonchev–Trinajstić information content (AvgIpc) is 2.48. The normalized spacial score (nSPS) is 11.9. The highest BCUT2D eigenvalue weighted by molar-refractivity contribution is 5.73. The van der Waals surface area contributed by atoms with Crippen LogP contribution in [-0.4, -0.2) is 13.1 Å². The van der Waals surface area contributed by atoms with Crippen molar-refractivity contribution in [3.05, 3.63) is 60.2 Å². The van der Waals surface area contributed by atoms with E-state index in [9.17, 15) is 4.79 Å². The van der Waals surface area contributed by atoms with Gasteiger partial charge >= 0.3 is 5.97 Å². The monoisotopic (exact) mass is 255 g/mol. The lowest BCUT2D eigenvalue weighted by atomic mass is 9.94. The number of hydrogen-bond acceptors (Lipinski definition) is 3. The minimum Gasteiger partial charge on any atom is -0.469 e. The molecule has 0 bridgehead atoms. The van der Waals surface area contributed by atoms with Crippen LogP contribution in [0.5, 0.6) is 0 Å². The van der Waals surface area contributed by atoms with Crippen LogP contribution in [0.15, 0.2) is 54.6 Å². The third-order valence-electron chi connectivity index (χ3n) is 3.06. The van der Waals surface area contributed by atoms with Gasteiger partial charge in [0.1, 0.15) is 0 Å². The Balaban J connectivity index is 2.34. The van der Waals surface area contributed by atoms with Crippen LogP contribution in [0, 0.1) is 0 Å². The molecule has 0 aromatic heterocycles. The predicted molar refractivity (Wildman–Crippen MR) is 75.4 cm³/mol. The van der Waals surface area contributed by atoms with Crippen LogP contribution in [0.4, 0.5) is 0 Å². The summed E-state index contributed by atoms with van der Waals surface area (Å²) in [5.41, 5.74) is 9.22. The van der Waals surface area contributed by atoms with Crippen molar-refractivity contribution in [2.24, 2.45) is 5.73 Å². The van der Waals surface area contributed by atoms with E-state index in [0.29, 0.717) is 0 Å². The van der Waals surface area contributed by atoms with Gasteiger partial charge in [-0.2, -0.15) is 0 Å². The van der Waals surface area contributed by atoms with Crippen molar-refractivity contribution in [2.75, 3.05) is 7.11 Å². The van der Waals surface area contributed by atoms with Gasteiger partial charge in [-0.05, 0) is 16.7 Å². The second kappa shape index (κ2) is 6.16. The van der Waals surface area contributed by atoms with E-state index in [1.165, 1.54) is 7.11 Å². The highest BCUT2D eigenvalue weighted by Crippen LogP contribution is 2.28. The summed E-state index contributed by atoms with van der Waals surface area (Å²) in [5, 5.41) is 0. The summed E-state index contributed by atoms with van der Waals surface area (Å²) >= 11 is 0. The predicted octanol–water partition coefficient (Wildman–Crippen LogP) is 2.92. The van der Waals surface area contributed by atoms with Gasteiger partial charge in [-0.1, -0.05) is 54.6 Å². The van der Waals surface area contributed by atoms with Crippen molar-refractivity contribution in [1.82, 2.24) is 0 Å². The summed E-state index contributed by atoms with van der Waals surface area (Å²) in [6.07, 6.45) is 0.181. The summed E-state index contributed by atoms with van der Waals surface area (Å²) in [6.45, 7) is 0. The number of rotatable bonds is 4. The number of methoxy groups -OCH3 is 1. The molecular formula is C16H17NO2. The fourth-order valence-electron chi connectivity index (χ4n) is 2.07. The molecule has 1 unspecified atom stereocenters. The molecule has 2 rings (SSSR count). The third-order valence-corrected chi connectivity index (χ3v) is 3.06. The Morgan fingerprint density at radius 3 is 2.42 bits per heavy atom. The van der Waals surface area contributed by atoms with Crippen LogP contribution < -0.4 is 5.73 Å². The molecule has 0 aliphatic heterocycles. The van der Waals surface area contributed by atoms with Gasteiger partial charge in [0.05, 0.1) is 13.5 Å². The van der Waals surface area contributed by atoms with Crippen molar-refractivity contribution >= 4 is 5.97 Å². The van der Waals surface area contributed by atoms with E-state index in [2.05, 4.69) is 4.74 Å². The lowest BCUT2D eigenvalue weighted by Crippen LogP contribution is -2.17. The van der Waals surface area contributed by atoms with Gasteiger partial charge in [0, 0.05) is 6.04 Å². The molecule has 0 saturated carbocycles. The van der Waals surface area contributed by atoms with Crippen LogP contribution in [0.1, 0.15) is 18.0 Å². The molecule has 98 valence electrons. The quantitative estimate of drug-likeness (QED) is 0.855. The Morgan fingerprint density at radius 1 is 1.11 bits per heavy atom. The number of esters is 1. The summed E-state index contributed by atoms with van der Waals surface area (Å²) in [6, 6.07) is 17.5. The SMILES string of the molecule is COC(=O)CC(N)c1ccccc1-c1ccccc1. The highest BCUT2D eigenvalue weighted by atomic mass is 16.5. The number of carbonyl (C=O) groups is 1. The Labute approximate surface area is 113 Å². The molecule has 2 N–H and O–H groups in total. The zero-order chi connectivity index (χ0) is 13.7. The first-order valence-corrected chi connectivity index (χ1v) is 6.19. The first kappa shape index (κ1) is 13.3. The Morgan fingerprint density at radius 2 is 1.74 bits per heavy atom. The molecule has 0 amide bonds. The number of nitrogens with two attached hydrogens (primary N) is 1. The molecule has 2 aromatic rings. The molecule has 0 fully saturated rings. The molecule has 3 heteroatoms. The molecule has 0 aliphatic carbocycles. The molecule has 0 spiro atoms. The van der Waals surface area contributed by atoms with Crippen molar-refractivity contribution in [3.8, 4) is 11.1 Å². The first-order chi connectivity index (χ1) is 9.22. The summed E-state index contributed by atoms with van der Waals surface area (Å²) < 4.78 is 4.67. The second-order valence-electron chi connectivity index (χ2n) is 4.34. The summed E-state index contributed by atoms with van der Waals surface area (Å²) in [7, 11) is 1.37. The lowest BCUT2D eigenvalue weighted by molar-refractivity contribution is -0.141. The van der Waals surface area contributed by atoms with Crippen LogP contribution in [0.25, 0.3) is 11.1 Å². The smallest absolute Gasteiger partial charge is 0.307 e. The molecule has 0 radical (unpaired) electrons. The van der Waals surface area contributed by atoms with Crippen LogP contribution in [0.2, 0.25) is 0 Å². The molecule has 0 saturated heterocycles. The van der Waals surface area contributed by atoms with E-state index in [-0.39, 0.29) is 18.4 Å². The Kier molecular flexibility index (Phi) is 4.31. The van der Waals surface area contributed by atoms with Crippen molar-refractivity contribution < 1.29 is 9.53 Å². The topological polar surface area (TPSA) is 52.3 Å². The summed E-state index contributed by atoms with van der Waals surface area (Å²) in [4.78, 5) is 11.3. The zero-order valence-corrected chi connectivity index (χ0v) is 10.9. The molecule has 1 atom stereocenters. The largest absolute Gasteiger partial charge is 0.469 e. The average molecular weight is 255 g/mol. The first-order valence-electron chi connectivity index (χ1n) is 6.19. The minimum atomic E-state index is -0.358. The zero-order valence-electron chi connectivity index (χ0n) is 10.9. The van der Waals surface area contributed by atoms with Gasteiger partial charge < -0.3 is 10.5 Å². The van der Waals surface area contributed by atoms with E-state index in [4.69, 9.17) is 5.73 Å². The van der Waals surface area contributed by atoms with E-state index >= 15 is 0 Å². The fraction of sp³-hybridized carbons (Fsp3) is 0.188. The molecule has 2 aromatic carbocycles. The fourth-order valence-corrected chi connectivity index (χ4v) is 2.07. The minimum absolute atomic E-state index is 0.181. The number of ether oxygens (including phenoxy) is 1. The molecule has 0 aliphatic rings. The van der Waals surface area contributed by atoms with Crippen LogP contribution >= 0.6 is 0 Å². The van der Waals surface area contributed by atoms with Crippen LogP contribution in [-0.2, 0) is 9.53 Å². The molecular weight excluding hydrogens is 238 g/mol. The van der Waals surface area contributed by atoms with E-state index < -0.39 is 0 Å².